The summed E-state index contributed by atoms with van der Waals surface area (Å²) in [7, 11) is 2.02. The summed E-state index contributed by atoms with van der Waals surface area (Å²) in [6.07, 6.45) is 0. The van der Waals surface area contributed by atoms with E-state index < -0.39 is 6.04 Å². The topological polar surface area (TPSA) is 69.8 Å². The predicted molar refractivity (Wildman–Crippen MR) is 69.7 cm³/mol. The number of nitrogens with zero attached hydrogens (tertiary/aromatic N) is 2. The molecule has 102 valence electrons. The van der Waals surface area contributed by atoms with Crippen LogP contribution in [0.25, 0.3) is 0 Å². The molecule has 5 nitrogen and oxygen atoms in total. The third-order valence-electron chi connectivity index (χ3n) is 2.33. The van der Waals surface area contributed by atoms with E-state index in [9.17, 15) is 4.79 Å². The van der Waals surface area contributed by atoms with Crippen LogP contribution in [0, 0.1) is 5.92 Å². The van der Waals surface area contributed by atoms with E-state index in [1.165, 1.54) is 0 Å². The number of rotatable bonds is 2. The molecule has 1 aliphatic rings. The minimum absolute atomic E-state index is 0.143. The quantitative estimate of drug-likeness (QED) is 0.703. The largest absolute Gasteiger partial charge is 0.394 e. The van der Waals surface area contributed by atoms with Gasteiger partial charge in [-0.05, 0) is 13.0 Å². The number of nitrogens with two attached hydrogens (primary N) is 1. The average molecular weight is 245 g/mol. The molecule has 0 aromatic carbocycles. The van der Waals surface area contributed by atoms with Gasteiger partial charge in [-0.1, -0.05) is 20.8 Å². The molecule has 0 aliphatic carbocycles. The second kappa shape index (κ2) is 8.44. The highest BCUT2D eigenvalue weighted by molar-refractivity contribution is 5.81. The standard InChI is InChI=1S/C8H17N3O2.C4H10/c1-10-2-4-11(5-3-10)8(13)7(9)6-12;1-4(2)3/h7,12H,2-6,9H2,1H3;4H,1-3H3. The third-order valence-corrected chi connectivity index (χ3v) is 2.33. The van der Waals surface area contributed by atoms with Gasteiger partial charge in [0.05, 0.1) is 6.61 Å². The van der Waals surface area contributed by atoms with E-state index in [2.05, 4.69) is 25.7 Å². The fraction of sp³-hybridized carbons (Fsp3) is 0.917. The first-order chi connectivity index (χ1) is 7.88. The zero-order valence-corrected chi connectivity index (χ0v) is 11.5. The number of likely N-dealkylation sites (N-methyl/N-ethyl adjacent to an activating group) is 1. The van der Waals surface area contributed by atoms with Gasteiger partial charge in [-0.15, -0.1) is 0 Å². The van der Waals surface area contributed by atoms with Crippen molar-refractivity contribution in [3.05, 3.63) is 0 Å². The number of amides is 1. The molecule has 1 amide bonds. The second-order valence-corrected chi connectivity index (χ2v) is 5.15. The average Bonchev–Trinajstić information content (AvgIpc) is 2.27. The maximum absolute atomic E-state index is 11.5. The molecule has 5 heteroatoms. The Morgan fingerprint density at radius 1 is 1.24 bits per heavy atom. The summed E-state index contributed by atoms with van der Waals surface area (Å²) in [5.74, 6) is 0.690. The highest BCUT2D eigenvalue weighted by Gasteiger charge is 2.23. The normalized spacial score (nSPS) is 18.6. The molecule has 17 heavy (non-hydrogen) atoms. The van der Waals surface area contributed by atoms with E-state index in [0.717, 1.165) is 19.0 Å². The van der Waals surface area contributed by atoms with Gasteiger partial charge in [0.2, 0.25) is 5.91 Å². The molecule has 1 aliphatic heterocycles. The maximum Gasteiger partial charge on any atom is 0.241 e. The predicted octanol–water partition coefficient (Wildman–Crippen LogP) is -0.258. The van der Waals surface area contributed by atoms with Gasteiger partial charge in [0.25, 0.3) is 0 Å². The number of hydrogen-bond acceptors (Lipinski definition) is 4. The fourth-order valence-electron chi connectivity index (χ4n) is 1.34. The summed E-state index contributed by atoms with van der Waals surface area (Å²) >= 11 is 0. The van der Waals surface area contributed by atoms with E-state index >= 15 is 0 Å². The Hall–Kier alpha value is -0.650. The van der Waals surface area contributed by atoms with Crippen LogP contribution in [0.15, 0.2) is 0 Å². The second-order valence-electron chi connectivity index (χ2n) is 5.15. The molecule has 3 N–H and O–H groups in total. The van der Waals surface area contributed by atoms with Crippen molar-refractivity contribution in [1.82, 2.24) is 9.80 Å². The lowest BCUT2D eigenvalue weighted by atomic mass is 10.2. The maximum atomic E-state index is 11.5. The molecule has 0 aromatic rings. The Morgan fingerprint density at radius 3 is 2.00 bits per heavy atom. The molecule has 0 saturated carbocycles. The van der Waals surface area contributed by atoms with Crippen molar-refractivity contribution in [2.45, 2.75) is 26.8 Å². The Kier molecular flexibility index (Phi) is 8.12. The summed E-state index contributed by atoms with van der Waals surface area (Å²) in [5.41, 5.74) is 5.43. The molecule has 1 atom stereocenters. The molecule has 1 saturated heterocycles. The smallest absolute Gasteiger partial charge is 0.241 e. The van der Waals surface area contributed by atoms with Gasteiger partial charge in [0.15, 0.2) is 0 Å². The van der Waals surface area contributed by atoms with Crippen molar-refractivity contribution in [2.75, 3.05) is 39.8 Å². The minimum atomic E-state index is -0.747. The summed E-state index contributed by atoms with van der Waals surface area (Å²) in [5, 5.41) is 8.70. The van der Waals surface area contributed by atoms with Gasteiger partial charge >= 0.3 is 0 Å². The molecule has 0 aromatic heterocycles. The molecule has 1 rings (SSSR count). The number of carbonyl (C=O) groups is 1. The van der Waals surface area contributed by atoms with E-state index in [-0.39, 0.29) is 12.5 Å². The summed E-state index contributed by atoms with van der Waals surface area (Å²) in [6, 6.07) is -0.747. The number of piperazine rings is 1. The lowest BCUT2D eigenvalue weighted by Crippen LogP contribution is -2.53. The summed E-state index contributed by atoms with van der Waals surface area (Å²) in [4.78, 5) is 15.3. The van der Waals surface area contributed by atoms with Gasteiger partial charge in [-0.25, -0.2) is 0 Å². The molecule has 0 radical (unpaired) electrons. The van der Waals surface area contributed by atoms with Crippen LogP contribution in [0.4, 0.5) is 0 Å². The molecule has 1 heterocycles. The van der Waals surface area contributed by atoms with Gasteiger partial charge < -0.3 is 20.6 Å². The van der Waals surface area contributed by atoms with Crippen LogP contribution in [0.3, 0.4) is 0 Å². The molecule has 0 bridgehead atoms. The lowest BCUT2D eigenvalue weighted by Gasteiger charge is -2.33. The van der Waals surface area contributed by atoms with Crippen molar-refractivity contribution < 1.29 is 9.90 Å². The first-order valence-corrected chi connectivity index (χ1v) is 6.22. The van der Waals surface area contributed by atoms with Crippen molar-refractivity contribution in [1.29, 1.82) is 0 Å². The van der Waals surface area contributed by atoms with Crippen molar-refractivity contribution in [3.63, 3.8) is 0 Å². The molecular formula is C12H27N3O2. The van der Waals surface area contributed by atoms with E-state index in [1.54, 1.807) is 4.90 Å². The van der Waals surface area contributed by atoms with Gasteiger partial charge in [-0.3, -0.25) is 4.79 Å². The van der Waals surface area contributed by atoms with Crippen LogP contribution >= 0.6 is 0 Å². The van der Waals surface area contributed by atoms with Crippen LogP contribution in [-0.2, 0) is 4.79 Å². The zero-order valence-electron chi connectivity index (χ0n) is 11.5. The van der Waals surface area contributed by atoms with E-state index in [1.807, 2.05) is 7.05 Å². The SMILES string of the molecule is CC(C)C.CN1CCN(C(=O)C(N)CO)CC1. The molecule has 1 fully saturated rings. The third kappa shape index (κ3) is 7.31. The van der Waals surface area contributed by atoms with E-state index in [4.69, 9.17) is 10.8 Å². The van der Waals surface area contributed by atoms with Crippen molar-refractivity contribution >= 4 is 5.91 Å². The van der Waals surface area contributed by atoms with Crippen LogP contribution in [0.2, 0.25) is 0 Å². The number of hydrogen-bond donors (Lipinski definition) is 2. The highest BCUT2D eigenvalue weighted by atomic mass is 16.3. The molecule has 0 spiro atoms. The zero-order chi connectivity index (χ0) is 13.4. The van der Waals surface area contributed by atoms with Crippen LogP contribution in [0.5, 0.6) is 0 Å². The monoisotopic (exact) mass is 245 g/mol. The first-order valence-electron chi connectivity index (χ1n) is 6.22. The van der Waals surface area contributed by atoms with Gasteiger partial charge in [-0.2, -0.15) is 0 Å². The Morgan fingerprint density at radius 2 is 1.65 bits per heavy atom. The molecule has 1 unspecified atom stereocenters. The van der Waals surface area contributed by atoms with Crippen LogP contribution in [0.1, 0.15) is 20.8 Å². The van der Waals surface area contributed by atoms with E-state index in [0.29, 0.717) is 13.1 Å². The lowest BCUT2D eigenvalue weighted by molar-refractivity contribution is -0.135. The molecular weight excluding hydrogens is 218 g/mol. The fourth-order valence-corrected chi connectivity index (χ4v) is 1.34. The van der Waals surface area contributed by atoms with Crippen molar-refractivity contribution in [2.24, 2.45) is 11.7 Å². The number of aliphatic hydroxyl groups is 1. The highest BCUT2D eigenvalue weighted by Crippen LogP contribution is 2.00. The van der Waals surface area contributed by atoms with Crippen LogP contribution < -0.4 is 5.73 Å². The van der Waals surface area contributed by atoms with Crippen LogP contribution in [-0.4, -0.2) is 66.7 Å². The number of aliphatic hydroxyl groups excluding tert-OH is 1. The van der Waals surface area contributed by atoms with Gasteiger partial charge in [0, 0.05) is 26.2 Å². The number of carbonyl (C=O) groups excluding carboxylic acids is 1. The first kappa shape index (κ1) is 16.4. The van der Waals surface area contributed by atoms with Crippen molar-refractivity contribution in [3.8, 4) is 0 Å². The Bertz CT molecular complexity index is 211. The Balaban J connectivity index is 0.000000557. The van der Waals surface area contributed by atoms with Gasteiger partial charge in [0.1, 0.15) is 6.04 Å². The summed E-state index contributed by atoms with van der Waals surface area (Å²) in [6.45, 7) is 9.41. The Labute approximate surface area is 105 Å². The minimum Gasteiger partial charge on any atom is -0.394 e. The summed E-state index contributed by atoms with van der Waals surface area (Å²) < 4.78 is 0.